The summed E-state index contributed by atoms with van der Waals surface area (Å²) >= 11 is 2.26. The van der Waals surface area contributed by atoms with Gasteiger partial charge in [-0.15, -0.1) is 0 Å². The number of carbonyl (C=O) groups is 1. The highest BCUT2D eigenvalue weighted by Gasteiger charge is 2.08. The Hall–Kier alpha value is -2.09. The second kappa shape index (κ2) is 8.84. The third kappa shape index (κ3) is 5.74. The van der Waals surface area contributed by atoms with E-state index in [0.29, 0.717) is 0 Å². The maximum Gasteiger partial charge on any atom is 0.277 e. The SMILES string of the molecule is Cc1cc(I)cc(C)c1OCC(=O)NN=Cc1ccc(N(C)C)cc1. The maximum absolute atomic E-state index is 11.9. The summed E-state index contributed by atoms with van der Waals surface area (Å²) in [7, 11) is 3.97. The first kappa shape index (κ1) is 19.2. The van der Waals surface area contributed by atoms with Crippen molar-refractivity contribution in [3.05, 3.63) is 56.7 Å². The topological polar surface area (TPSA) is 53.9 Å². The van der Waals surface area contributed by atoms with Crippen molar-refractivity contribution in [1.82, 2.24) is 5.43 Å². The molecule has 5 nitrogen and oxygen atoms in total. The van der Waals surface area contributed by atoms with Crippen LogP contribution >= 0.6 is 22.6 Å². The second-order valence-electron chi connectivity index (χ2n) is 5.94. The van der Waals surface area contributed by atoms with E-state index in [1.165, 1.54) is 0 Å². The Kier molecular flexibility index (Phi) is 6.81. The Bertz CT molecular complexity index is 748. The minimum atomic E-state index is -0.293. The van der Waals surface area contributed by atoms with Crippen LogP contribution in [0.1, 0.15) is 16.7 Å². The number of nitrogens with one attached hydrogen (secondary N) is 1. The highest BCUT2D eigenvalue weighted by Crippen LogP contribution is 2.25. The maximum atomic E-state index is 11.9. The fraction of sp³-hybridized carbons (Fsp3) is 0.263. The third-order valence-electron chi connectivity index (χ3n) is 3.59. The largest absolute Gasteiger partial charge is 0.483 e. The first-order valence-electron chi connectivity index (χ1n) is 7.85. The second-order valence-corrected chi connectivity index (χ2v) is 7.18. The number of hydrazone groups is 1. The van der Waals surface area contributed by atoms with Crippen LogP contribution in [0, 0.1) is 17.4 Å². The van der Waals surface area contributed by atoms with Gasteiger partial charge in [0.15, 0.2) is 6.61 Å². The van der Waals surface area contributed by atoms with Gasteiger partial charge in [0.1, 0.15) is 5.75 Å². The van der Waals surface area contributed by atoms with Gasteiger partial charge in [0, 0.05) is 23.4 Å². The summed E-state index contributed by atoms with van der Waals surface area (Å²) in [4.78, 5) is 13.9. The van der Waals surface area contributed by atoms with Gasteiger partial charge in [0.05, 0.1) is 6.21 Å². The summed E-state index contributed by atoms with van der Waals surface area (Å²) in [6.45, 7) is 3.87. The molecule has 0 heterocycles. The predicted molar refractivity (Wildman–Crippen MR) is 111 cm³/mol. The molecule has 0 aliphatic carbocycles. The van der Waals surface area contributed by atoms with Gasteiger partial charge in [-0.2, -0.15) is 5.10 Å². The number of halogens is 1. The molecule has 2 aromatic carbocycles. The number of ether oxygens (including phenoxy) is 1. The Balaban J connectivity index is 1.86. The van der Waals surface area contributed by atoms with Gasteiger partial charge in [-0.25, -0.2) is 5.43 Å². The number of nitrogens with zero attached hydrogens (tertiary/aromatic N) is 2. The zero-order valence-electron chi connectivity index (χ0n) is 14.8. The molecule has 2 rings (SSSR count). The lowest BCUT2D eigenvalue weighted by Gasteiger charge is -2.12. The zero-order chi connectivity index (χ0) is 18.4. The van der Waals surface area contributed by atoms with Crippen LogP contribution < -0.4 is 15.1 Å². The molecule has 132 valence electrons. The standard InChI is InChI=1S/C19H22IN3O2/c1-13-9-16(20)10-14(2)19(13)25-12-18(24)22-21-11-15-5-7-17(8-6-15)23(3)4/h5-11H,12H2,1-4H3,(H,22,24). The van der Waals surface area contributed by atoms with E-state index in [1.807, 2.05) is 69.2 Å². The van der Waals surface area contributed by atoms with Crippen molar-refractivity contribution in [2.24, 2.45) is 5.10 Å². The van der Waals surface area contributed by atoms with E-state index in [0.717, 1.165) is 31.7 Å². The van der Waals surface area contributed by atoms with Crippen LogP contribution in [-0.2, 0) is 4.79 Å². The van der Waals surface area contributed by atoms with E-state index in [1.54, 1.807) is 6.21 Å². The number of hydrogen-bond donors (Lipinski definition) is 1. The Morgan fingerprint density at radius 3 is 2.36 bits per heavy atom. The molecule has 25 heavy (non-hydrogen) atoms. The molecular formula is C19H22IN3O2. The summed E-state index contributed by atoms with van der Waals surface area (Å²) < 4.78 is 6.78. The minimum absolute atomic E-state index is 0.0703. The van der Waals surface area contributed by atoms with Crippen LogP contribution in [-0.4, -0.2) is 32.8 Å². The summed E-state index contributed by atoms with van der Waals surface area (Å²) in [5, 5.41) is 3.97. The fourth-order valence-corrected chi connectivity index (χ4v) is 3.27. The van der Waals surface area contributed by atoms with E-state index in [9.17, 15) is 4.79 Å². The molecular weight excluding hydrogens is 429 g/mol. The van der Waals surface area contributed by atoms with Crippen LogP contribution in [0.3, 0.4) is 0 Å². The summed E-state index contributed by atoms with van der Waals surface area (Å²) in [5.41, 5.74) is 6.54. The van der Waals surface area contributed by atoms with E-state index >= 15 is 0 Å². The van der Waals surface area contributed by atoms with E-state index in [-0.39, 0.29) is 12.5 Å². The van der Waals surface area contributed by atoms with Gasteiger partial charge in [-0.05, 0) is 77.4 Å². The van der Waals surface area contributed by atoms with E-state index in [2.05, 4.69) is 33.1 Å². The lowest BCUT2D eigenvalue weighted by Crippen LogP contribution is -2.25. The molecule has 0 radical (unpaired) electrons. The highest BCUT2D eigenvalue weighted by molar-refractivity contribution is 14.1. The van der Waals surface area contributed by atoms with Gasteiger partial charge in [-0.1, -0.05) is 12.1 Å². The number of rotatable bonds is 6. The average Bonchev–Trinajstić information content (AvgIpc) is 2.54. The molecule has 2 aromatic rings. The number of amides is 1. The van der Waals surface area contributed by atoms with Crippen LogP contribution in [0.5, 0.6) is 5.75 Å². The molecule has 0 aromatic heterocycles. The molecule has 0 saturated heterocycles. The molecule has 0 bridgehead atoms. The van der Waals surface area contributed by atoms with Crippen molar-refractivity contribution in [3.8, 4) is 5.75 Å². The predicted octanol–water partition coefficient (Wildman–Crippen LogP) is 3.50. The normalized spacial score (nSPS) is 10.8. The number of anilines is 1. The van der Waals surface area contributed by atoms with Crippen LogP contribution in [0.2, 0.25) is 0 Å². The minimum Gasteiger partial charge on any atom is -0.483 e. The quantitative estimate of drug-likeness (QED) is 0.416. The molecule has 0 aliphatic heterocycles. The van der Waals surface area contributed by atoms with Gasteiger partial charge < -0.3 is 9.64 Å². The van der Waals surface area contributed by atoms with Gasteiger partial charge in [0.2, 0.25) is 0 Å². The molecule has 0 fully saturated rings. The van der Waals surface area contributed by atoms with Crippen molar-refractivity contribution in [3.63, 3.8) is 0 Å². The zero-order valence-corrected chi connectivity index (χ0v) is 17.0. The highest BCUT2D eigenvalue weighted by atomic mass is 127. The number of hydrogen-bond acceptors (Lipinski definition) is 4. The summed E-state index contributed by atoms with van der Waals surface area (Å²) in [6.07, 6.45) is 1.61. The van der Waals surface area contributed by atoms with E-state index in [4.69, 9.17) is 4.74 Å². The molecule has 1 amide bonds. The van der Waals surface area contributed by atoms with Crippen molar-refractivity contribution in [2.45, 2.75) is 13.8 Å². The molecule has 0 saturated carbocycles. The molecule has 6 heteroatoms. The van der Waals surface area contributed by atoms with Crippen molar-refractivity contribution in [1.29, 1.82) is 0 Å². The molecule has 1 N–H and O–H groups in total. The average molecular weight is 451 g/mol. The molecule has 0 unspecified atom stereocenters. The van der Waals surface area contributed by atoms with Gasteiger partial charge >= 0.3 is 0 Å². The fourth-order valence-electron chi connectivity index (χ4n) is 2.33. The number of aryl methyl sites for hydroxylation is 2. The van der Waals surface area contributed by atoms with Crippen LogP contribution in [0.4, 0.5) is 5.69 Å². The lowest BCUT2D eigenvalue weighted by atomic mass is 10.1. The van der Waals surface area contributed by atoms with Crippen molar-refractivity contribution >= 4 is 40.4 Å². The van der Waals surface area contributed by atoms with Gasteiger partial charge in [-0.3, -0.25) is 4.79 Å². The Labute approximate surface area is 162 Å². The Morgan fingerprint density at radius 1 is 1.20 bits per heavy atom. The lowest BCUT2D eigenvalue weighted by molar-refractivity contribution is -0.123. The van der Waals surface area contributed by atoms with Crippen LogP contribution in [0.15, 0.2) is 41.5 Å². The molecule has 0 spiro atoms. The summed E-state index contributed by atoms with van der Waals surface area (Å²) in [5.74, 6) is 0.456. The van der Waals surface area contributed by atoms with Gasteiger partial charge in [0.25, 0.3) is 5.91 Å². The monoisotopic (exact) mass is 451 g/mol. The first-order valence-corrected chi connectivity index (χ1v) is 8.93. The first-order chi connectivity index (χ1) is 11.9. The third-order valence-corrected chi connectivity index (χ3v) is 4.21. The number of carbonyl (C=O) groups excluding carboxylic acids is 1. The number of benzene rings is 2. The molecule has 0 atom stereocenters. The summed E-state index contributed by atoms with van der Waals surface area (Å²) in [6, 6.07) is 11.9. The van der Waals surface area contributed by atoms with Crippen molar-refractivity contribution in [2.75, 3.05) is 25.6 Å². The van der Waals surface area contributed by atoms with Crippen LogP contribution in [0.25, 0.3) is 0 Å². The molecule has 0 aliphatic rings. The van der Waals surface area contributed by atoms with E-state index < -0.39 is 0 Å². The smallest absolute Gasteiger partial charge is 0.277 e. The van der Waals surface area contributed by atoms with Crippen molar-refractivity contribution < 1.29 is 9.53 Å². The Morgan fingerprint density at radius 2 is 1.80 bits per heavy atom.